The molecule has 1 fully saturated rings. The van der Waals surface area contributed by atoms with Crippen molar-refractivity contribution in [1.29, 1.82) is 0 Å². The van der Waals surface area contributed by atoms with Crippen molar-refractivity contribution < 1.29 is 4.79 Å². The number of nitrogens with zero attached hydrogens (tertiary/aromatic N) is 1. The first-order chi connectivity index (χ1) is 6.11. The number of halogens is 1. The Bertz CT molecular complexity index is 176. The molecule has 1 aliphatic carbocycles. The predicted molar refractivity (Wildman–Crippen MR) is 54.9 cm³/mol. The molecule has 0 radical (unpaired) electrons. The van der Waals surface area contributed by atoms with E-state index < -0.39 is 0 Å². The monoisotopic (exact) mass is 203 g/mol. The highest BCUT2D eigenvalue weighted by molar-refractivity contribution is 6.20. The van der Waals surface area contributed by atoms with Crippen LogP contribution in [0, 0.1) is 5.92 Å². The van der Waals surface area contributed by atoms with E-state index in [1.807, 2.05) is 14.0 Å². The summed E-state index contributed by atoms with van der Waals surface area (Å²) in [5.74, 6) is 0.561. The van der Waals surface area contributed by atoms with Gasteiger partial charge in [0.25, 0.3) is 0 Å². The number of rotatable bonds is 3. The molecule has 3 heteroatoms. The molecule has 0 aliphatic heterocycles. The van der Waals surface area contributed by atoms with E-state index in [0.29, 0.717) is 6.54 Å². The lowest BCUT2D eigenvalue weighted by molar-refractivity contribution is -0.133. The Labute approximate surface area is 85.2 Å². The molecule has 0 bridgehead atoms. The second-order valence-corrected chi connectivity index (χ2v) is 4.73. The van der Waals surface area contributed by atoms with E-state index in [0.717, 1.165) is 12.8 Å². The van der Waals surface area contributed by atoms with Gasteiger partial charge >= 0.3 is 0 Å². The molecule has 2 nitrogen and oxygen atoms in total. The van der Waals surface area contributed by atoms with Crippen molar-refractivity contribution in [3.63, 3.8) is 0 Å². The lowest BCUT2D eigenvalue weighted by atomic mass is 10.1. The Morgan fingerprint density at radius 2 is 2.08 bits per heavy atom. The number of hydrogen-bond donors (Lipinski definition) is 0. The van der Waals surface area contributed by atoms with Crippen molar-refractivity contribution >= 4 is 17.5 Å². The van der Waals surface area contributed by atoms with Gasteiger partial charge in [-0.05, 0) is 19.8 Å². The zero-order valence-electron chi connectivity index (χ0n) is 8.42. The molecule has 0 heterocycles. The molecule has 0 aromatic heterocycles. The van der Waals surface area contributed by atoms with Gasteiger partial charge in [-0.25, -0.2) is 0 Å². The maximum Gasteiger partial charge on any atom is 0.225 e. The normalized spacial score (nSPS) is 20.2. The van der Waals surface area contributed by atoms with Crippen LogP contribution in [0.1, 0.15) is 32.6 Å². The Hall–Kier alpha value is -0.240. The molecule has 0 aromatic carbocycles. The molecular weight excluding hydrogens is 186 g/mol. The molecule has 1 aliphatic rings. The van der Waals surface area contributed by atoms with Crippen molar-refractivity contribution in [2.45, 2.75) is 38.0 Å². The molecule has 1 rings (SSSR count). The number of carbonyl (C=O) groups excluding carboxylic acids is 1. The van der Waals surface area contributed by atoms with E-state index in [1.165, 1.54) is 12.8 Å². The molecule has 0 spiro atoms. The third kappa shape index (κ3) is 3.18. The Balaban J connectivity index is 2.36. The first-order valence-electron chi connectivity index (χ1n) is 5.00. The van der Waals surface area contributed by atoms with E-state index in [-0.39, 0.29) is 17.2 Å². The van der Waals surface area contributed by atoms with Gasteiger partial charge in [0.1, 0.15) is 0 Å². The zero-order chi connectivity index (χ0) is 9.84. The second-order valence-electron chi connectivity index (χ2n) is 3.98. The molecule has 0 N–H and O–H groups in total. The van der Waals surface area contributed by atoms with Crippen LogP contribution in [0.3, 0.4) is 0 Å². The SMILES string of the molecule is CC(Cl)CN(C)C(=O)C1CCCC1. The lowest BCUT2D eigenvalue weighted by Crippen LogP contribution is -2.35. The van der Waals surface area contributed by atoms with Crippen molar-refractivity contribution in [2.75, 3.05) is 13.6 Å². The fourth-order valence-electron chi connectivity index (χ4n) is 1.95. The van der Waals surface area contributed by atoms with Crippen molar-refractivity contribution in [3.8, 4) is 0 Å². The van der Waals surface area contributed by atoms with Crippen LogP contribution >= 0.6 is 11.6 Å². The van der Waals surface area contributed by atoms with Gasteiger partial charge in [-0.2, -0.15) is 0 Å². The lowest BCUT2D eigenvalue weighted by Gasteiger charge is -2.21. The van der Waals surface area contributed by atoms with Gasteiger partial charge in [0.05, 0.1) is 0 Å². The van der Waals surface area contributed by atoms with Gasteiger partial charge in [-0.1, -0.05) is 12.8 Å². The minimum absolute atomic E-state index is 0.0513. The standard InChI is InChI=1S/C10H18ClNO/c1-8(11)7-12(2)10(13)9-5-3-4-6-9/h8-9H,3-7H2,1-2H3. The van der Waals surface area contributed by atoms with Crippen LogP contribution in [-0.4, -0.2) is 29.8 Å². The van der Waals surface area contributed by atoms with Gasteiger partial charge in [0, 0.05) is 24.9 Å². The van der Waals surface area contributed by atoms with Crippen LogP contribution in [0.15, 0.2) is 0 Å². The van der Waals surface area contributed by atoms with E-state index in [9.17, 15) is 4.79 Å². The summed E-state index contributed by atoms with van der Waals surface area (Å²) in [5, 5.41) is 0.0513. The van der Waals surface area contributed by atoms with Crippen molar-refractivity contribution in [1.82, 2.24) is 4.90 Å². The second kappa shape index (κ2) is 4.85. The Morgan fingerprint density at radius 3 is 2.54 bits per heavy atom. The van der Waals surface area contributed by atoms with Gasteiger partial charge in [-0.3, -0.25) is 4.79 Å². The van der Waals surface area contributed by atoms with Crippen LogP contribution < -0.4 is 0 Å². The smallest absolute Gasteiger partial charge is 0.225 e. The minimum atomic E-state index is 0.0513. The van der Waals surface area contributed by atoms with Crippen molar-refractivity contribution in [3.05, 3.63) is 0 Å². The average Bonchev–Trinajstić information content (AvgIpc) is 2.53. The summed E-state index contributed by atoms with van der Waals surface area (Å²) in [7, 11) is 1.85. The van der Waals surface area contributed by atoms with Crippen LogP contribution in [0.4, 0.5) is 0 Å². The molecule has 1 amide bonds. The van der Waals surface area contributed by atoms with Gasteiger partial charge in [0.15, 0.2) is 0 Å². The van der Waals surface area contributed by atoms with E-state index in [4.69, 9.17) is 11.6 Å². The topological polar surface area (TPSA) is 20.3 Å². The average molecular weight is 204 g/mol. The Morgan fingerprint density at radius 1 is 1.54 bits per heavy atom. The summed E-state index contributed by atoms with van der Waals surface area (Å²) < 4.78 is 0. The molecule has 13 heavy (non-hydrogen) atoms. The third-order valence-corrected chi connectivity index (χ3v) is 2.74. The molecular formula is C10H18ClNO. The highest BCUT2D eigenvalue weighted by Crippen LogP contribution is 2.26. The molecule has 0 aromatic rings. The van der Waals surface area contributed by atoms with Crippen LogP contribution in [0.2, 0.25) is 0 Å². The molecule has 1 saturated carbocycles. The van der Waals surface area contributed by atoms with Gasteiger partial charge in [-0.15, -0.1) is 11.6 Å². The summed E-state index contributed by atoms with van der Waals surface area (Å²) >= 11 is 5.83. The summed E-state index contributed by atoms with van der Waals surface area (Å²) in [6, 6.07) is 0. The van der Waals surface area contributed by atoms with Crippen molar-refractivity contribution in [2.24, 2.45) is 5.92 Å². The summed E-state index contributed by atoms with van der Waals surface area (Å²) in [4.78, 5) is 13.5. The van der Waals surface area contributed by atoms with E-state index in [1.54, 1.807) is 4.90 Å². The third-order valence-electron chi connectivity index (χ3n) is 2.61. The quantitative estimate of drug-likeness (QED) is 0.645. The largest absolute Gasteiger partial charge is 0.344 e. The summed E-state index contributed by atoms with van der Waals surface area (Å²) in [5.41, 5.74) is 0. The number of carbonyl (C=O) groups is 1. The van der Waals surface area contributed by atoms with E-state index in [2.05, 4.69) is 0 Å². The van der Waals surface area contributed by atoms with Gasteiger partial charge < -0.3 is 4.90 Å². The maximum absolute atomic E-state index is 11.7. The molecule has 1 unspecified atom stereocenters. The van der Waals surface area contributed by atoms with Crippen LogP contribution in [0.5, 0.6) is 0 Å². The highest BCUT2D eigenvalue weighted by Gasteiger charge is 2.25. The number of amides is 1. The van der Waals surface area contributed by atoms with Crippen LogP contribution in [0.25, 0.3) is 0 Å². The van der Waals surface area contributed by atoms with Gasteiger partial charge in [0.2, 0.25) is 5.91 Å². The molecule has 76 valence electrons. The molecule has 0 saturated heterocycles. The molecule has 1 atom stereocenters. The minimum Gasteiger partial charge on any atom is -0.344 e. The summed E-state index contributed by atoms with van der Waals surface area (Å²) in [6.07, 6.45) is 4.56. The zero-order valence-corrected chi connectivity index (χ0v) is 9.18. The first kappa shape index (κ1) is 10.8. The Kier molecular flexibility index (Phi) is 4.04. The predicted octanol–water partition coefficient (Wildman–Crippen LogP) is 2.26. The number of hydrogen-bond acceptors (Lipinski definition) is 1. The van der Waals surface area contributed by atoms with E-state index >= 15 is 0 Å². The summed E-state index contributed by atoms with van der Waals surface area (Å²) in [6.45, 7) is 2.58. The number of alkyl halides is 1. The first-order valence-corrected chi connectivity index (χ1v) is 5.44. The fourth-order valence-corrected chi connectivity index (χ4v) is 2.16. The van der Waals surface area contributed by atoms with Crippen LogP contribution in [-0.2, 0) is 4.79 Å². The maximum atomic E-state index is 11.7. The highest BCUT2D eigenvalue weighted by atomic mass is 35.5. The fraction of sp³-hybridized carbons (Fsp3) is 0.900.